The predicted molar refractivity (Wildman–Crippen MR) is 68.1 cm³/mol. The summed E-state index contributed by atoms with van der Waals surface area (Å²) in [7, 11) is 0. The lowest BCUT2D eigenvalue weighted by Gasteiger charge is -2.28. The fourth-order valence-corrected chi connectivity index (χ4v) is 2.70. The van der Waals surface area contributed by atoms with Gasteiger partial charge < -0.3 is 5.32 Å². The van der Waals surface area contributed by atoms with Gasteiger partial charge in [0.2, 0.25) is 0 Å². The van der Waals surface area contributed by atoms with Crippen LogP contribution < -0.4 is 5.32 Å². The van der Waals surface area contributed by atoms with Gasteiger partial charge in [0.1, 0.15) is 0 Å². The van der Waals surface area contributed by atoms with E-state index >= 15 is 0 Å². The van der Waals surface area contributed by atoms with E-state index in [0.29, 0.717) is 5.41 Å². The van der Waals surface area contributed by atoms with Crippen LogP contribution in [0.25, 0.3) is 0 Å². The summed E-state index contributed by atoms with van der Waals surface area (Å²) in [6.45, 7) is 10.5. The van der Waals surface area contributed by atoms with E-state index in [1.807, 2.05) is 0 Å². The van der Waals surface area contributed by atoms with Crippen LogP contribution in [-0.2, 0) is 0 Å². The number of nitrogens with one attached hydrogen (secondary N) is 1. The van der Waals surface area contributed by atoms with Crippen molar-refractivity contribution in [2.24, 2.45) is 11.3 Å². The van der Waals surface area contributed by atoms with E-state index in [4.69, 9.17) is 0 Å². The third-order valence-electron chi connectivity index (χ3n) is 4.36. The van der Waals surface area contributed by atoms with Gasteiger partial charge in [0.05, 0.1) is 0 Å². The van der Waals surface area contributed by atoms with Gasteiger partial charge in [-0.05, 0) is 50.5 Å². The second kappa shape index (κ2) is 5.89. The van der Waals surface area contributed by atoms with E-state index in [1.54, 1.807) is 0 Å². The summed E-state index contributed by atoms with van der Waals surface area (Å²) in [5.74, 6) is 0.957. The average Bonchev–Trinajstić information content (AvgIpc) is 3.03. The third-order valence-corrected chi connectivity index (χ3v) is 4.36. The van der Waals surface area contributed by atoms with E-state index < -0.39 is 0 Å². The van der Waals surface area contributed by atoms with E-state index in [1.165, 1.54) is 45.1 Å². The SMILES string of the molecule is CCCNC(C)C1(CC(CC)CC)CC1. The van der Waals surface area contributed by atoms with Crippen molar-refractivity contribution in [1.82, 2.24) is 5.32 Å². The molecular weight excluding hydrogens is 182 g/mol. The molecule has 1 atom stereocenters. The molecule has 1 N–H and O–H groups in total. The zero-order chi connectivity index (χ0) is 11.3. The van der Waals surface area contributed by atoms with Crippen LogP contribution in [0.15, 0.2) is 0 Å². The van der Waals surface area contributed by atoms with Crippen molar-refractivity contribution in [3.05, 3.63) is 0 Å². The van der Waals surface area contributed by atoms with Crippen molar-refractivity contribution in [3.8, 4) is 0 Å². The molecule has 0 aromatic carbocycles. The molecule has 1 fully saturated rings. The van der Waals surface area contributed by atoms with Crippen LogP contribution in [0, 0.1) is 11.3 Å². The summed E-state index contributed by atoms with van der Waals surface area (Å²) in [6, 6.07) is 0.734. The molecule has 1 aliphatic rings. The lowest BCUT2D eigenvalue weighted by molar-refractivity contribution is 0.267. The quantitative estimate of drug-likeness (QED) is 0.640. The fraction of sp³-hybridized carbons (Fsp3) is 1.00. The molecule has 0 aliphatic heterocycles. The summed E-state index contributed by atoms with van der Waals surface area (Å²) in [5, 5.41) is 3.69. The molecule has 1 saturated carbocycles. The first-order valence-corrected chi connectivity index (χ1v) is 6.91. The molecule has 0 saturated heterocycles. The van der Waals surface area contributed by atoms with Gasteiger partial charge in [-0.25, -0.2) is 0 Å². The minimum absolute atomic E-state index is 0.672. The lowest BCUT2D eigenvalue weighted by Crippen LogP contribution is -2.36. The second-order valence-corrected chi connectivity index (χ2v) is 5.42. The van der Waals surface area contributed by atoms with Crippen LogP contribution in [0.4, 0.5) is 0 Å². The van der Waals surface area contributed by atoms with Crippen molar-refractivity contribution in [2.45, 2.75) is 72.3 Å². The normalized spacial score (nSPS) is 20.6. The van der Waals surface area contributed by atoms with Gasteiger partial charge in [0.15, 0.2) is 0 Å². The molecule has 0 aromatic rings. The summed E-state index contributed by atoms with van der Waals surface area (Å²) in [6.07, 6.45) is 8.35. The molecule has 1 nitrogen and oxygen atoms in total. The Balaban J connectivity index is 2.37. The molecule has 1 rings (SSSR count). The molecule has 1 heteroatoms. The standard InChI is InChI=1S/C14H29N/c1-5-10-15-12(4)14(8-9-14)11-13(6-2)7-3/h12-13,15H,5-11H2,1-4H3. The van der Waals surface area contributed by atoms with Gasteiger partial charge >= 0.3 is 0 Å². The van der Waals surface area contributed by atoms with E-state index in [0.717, 1.165) is 12.0 Å². The Bertz CT molecular complexity index is 168. The van der Waals surface area contributed by atoms with E-state index in [9.17, 15) is 0 Å². The number of rotatable bonds is 8. The summed E-state index contributed by atoms with van der Waals surface area (Å²) in [5.41, 5.74) is 0.672. The van der Waals surface area contributed by atoms with Crippen molar-refractivity contribution in [3.63, 3.8) is 0 Å². The highest BCUT2D eigenvalue weighted by Gasteiger charge is 2.47. The third kappa shape index (κ3) is 3.48. The monoisotopic (exact) mass is 211 g/mol. The molecule has 0 heterocycles. The second-order valence-electron chi connectivity index (χ2n) is 5.42. The largest absolute Gasteiger partial charge is 0.314 e. The van der Waals surface area contributed by atoms with Gasteiger partial charge in [-0.15, -0.1) is 0 Å². The molecule has 0 aromatic heterocycles. The highest BCUT2D eigenvalue weighted by Crippen LogP contribution is 2.54. The van der Waals surface area contributed by atoms with Crippen molar-refractivity contribution < 1.29 is 0 Å². The Morgan fingerprint density at radius 2 is 1.73 bits per heavy atom. The van der Waals surface area contributed by atoms with Crippen LogP contribution in [0.2, 0.25) is 0 Å². The topological polar surface area (TPSA) is 12.0 Å². The smallest absolute Gasteiger partial charge is 0.00952 e. The van der Waals surface area contributed by atoms with Gasteiger partial charge in [0.25, 0.3) is 0 Å². The van der Waals surface area contributed by atoms with Crippen LogP contribution in [0.5, 0.6) is 0 Å². The predicted octanol–water partition coefficient (Wildman–Crippen LogP) is 3.98. The van der Waals surface area contributed by atoms with Crippen molar-refractivity contribution >= 4 is 0 Å². The van der Waals surface area contributed by atoms with Crippen LogP contribution in [0.3, 0.4) is 0 Å². The average molecular weight is 211 g/mol. The summed E-state index contributed by atoms with van der Waals surface area (Å²) >= 11 is 0. The Labute approximate surface area is 96.0 Å². The minimum Gasteiger partial charge on any atom is -0.314 e. The zero-order valence-electron chi connectivity index (χ0n) is 11.1. The maximum Gasteiger partial charge on any atom is 0.00952 e. The molecule has 90 valence electrons. The summed E-state index contributed by atoms with van der Waals surface area (Å²) < 4.78 is 0. The highest BCUT2D eigenvalue weighted by atomic mass is 14.9. The van der Waals surface area contributed by atoms with Gasteiger partial charge in [-0.3, -0.25) is 0 Å². The van der Waals surface area contributed by atoms with Crippen molar-refractivity contribution in [1.29, 1.82) is 0 Å². The Hall–Kier alpha value is -0.0400. The van der Waals surface area contributed by atoms with Crippen LogP contribution in [-0.4, -0.2) is 12.6 Å². The summed E-state index contributed by atoms with van der Waals surface area (Å²) in [4.78, 5) is 0. The van der Waals surface area contributed by atoms with Crippen molar-refractivity contribution in [2.75, 3.05) is 6.54 Å². The molecule has 0 amide bonds. The van der Waals surface area contributed by atoms with Crippen LogP contribution in [0.1, 0.15) is 66.2 Å². The van der Waals surface area contributed by atoms with Gasteiger partial charge in [-0.1, -0.05) is 33.6 Å². The molecule has 0 bridgehead atoms. The first-order valence-electron chi connectivity index (χ1n) is 6.91. The van der Waals surface area contributed by atoms with E-state index in [-0.39, 0.29) is 0 Å². The Kier molecular flexibility index (Phi) is 5.11. The van der Waals surface area contributed by atoms with E-state index in [2.05, 4.69) is 33.0 Å². The van der Waals surface area contributed by atoms with Gasteiger partial charge in [0, 0.05) is 6.04 Å². The molecule has 1 aliphatic carbocycles. The molecule has 15 heavy (non-hydrogen) atoms. The highest BCUT2D eigenvalue weighted by molar-refractivity contribution is 5.01. The number of hydrogen-bond acceptors (Lipinski definition) is 1. The Morgan fingerprint density at radius 3 is 2.13 bits per heavy atom. The Morgan fingerprint density at radius 1 is 1.13 bits per heavy atom. The maximum atomic E-state index is 3.69. The molecule has 0 radical (unpaired) electrons. The fourth-order valence-electron chi connectivity index (χ4n) is 2.70. The minimum atomic E-state index is 0.672. The van der Waals surface area contributed by atoms with Gasteiger partial charge in [-0.2, -0.15) is 0 Å². The molecule has 0 spiro atoms. The number of hydrogen-bond donors (Lipinski definition) is 1. The van der Waals surface area contributed by atoms with Crippen LogP contribution >= 0.6 is 0 Å². The first-order chi connectivity index (χ1) is 7.18. The molecule has 1 unspecified atom stereocenters. The maximum absolute atomic E-state index is 3.69. The zero-order valence-corrected chi connectivity index (χ0v) is 11.1. The lowest BCUT2D eigenvalue weighted by atomic mass is 9.84. The first kappa shape index (κ1) is 13.0. The molecular formula is C14H29N.